The molecule has 1 aromatic heterocycles. The molecule has 0 radical (unpaired) electrons. The summed E-state index contributed by atoms with van der Waals surface area (Å²) >= 11 is 7.27. The van der Waals surface area contributed by atoms with E-state index >= 15 is 0 Å². The van der Waals surface area contributed by atoms with Gasteiger partial charge in [-0.3, -0.25) is 0 Å². The molecule has 0 saturated heterocycles. The highest BCUT2D eigenvalue weighted by Gasteiger charge is 2.18. The van der Waals surface area contributed by atoms with Crippen LogP contribution < -0.4 is 5.73 Å². The summed E-state index contributed by atoms with van der Waals surface area (Å²) < 4.78 is 13.4. The minimum absolute atomic E-state index is 0.0330. The Kier molecular flexibility index (Phi) is 4.47. The Bertz CT molecular complexity index is 604. The highest BCUT2D eigenvalue weighted by Crippen LogP contribution is 2.27. The van der Waals surface area contributed by atoms with E-state index in [0.717, 1.165) is 16.3 Å². The molecule has 5 heteroatoms. The average Bonchev–Trinajstić information content (AvgIpc) is 2.81. The Morgan fingerprint density at radius 3 is 2.65 bits per heavy atom. The monoisotopic (exact) mass is 312 g/mol. The van der Waals surface area contributed by atoms with Gasteiger partial charge in [0.05, 0.1) is 15.7 Å². The maximum atomic E-state index is 13.4. The fraction of sp³-hybridized carbons (Fsp3) is 0.400. The normalized spacial score (nSPS) is 13.5. The zero-order valence-corrected chi connectivity index (χ0v) is 13.4. The van der Waals surface area contributed by atoms with E-state index < -0.39 is 5.82 Å². The van der Waals surface area contributed by atoms with Crippen LogP contribution in [0.1, 0.15) is 43.1 Å². The summed E-state index contributed by atoms with van der Waals surface area (Å²) in [6, 6.07) is 4.41. The third-order valence-electron chi connectivity index (χ3n) is 3.09. The van der Waals surface area contributed by atoms with Gasteiger partial charge in [0.15, 0.2) is 0 Å². The summed E-state index contributed by atoms with van der Waals surface area (Å²) in [5, 5.41) is 3.15. The number of nitrogens with two attached hydrogens (primary N) is 1. The second-order valence-corrected chi connectivity index (χ2v) is 7.21. The van der Waals surface area contributed by atoms with Crippen molar-refractivity contribution in [1.29, 1.82) is 0 Å². The lowest BCUT2D eigenvalue weighted by atomic mass is 9.93. The van der Waals surface area contributed by atoms with Gasteiger partial charge in [-0.1, -0.05) is 38.4 Å². The molecule has 2 nitrogen and oxygen atoms in total. The van der Waals surface area contributed by atoms with Crippen LogP contribution >= 0.6 is 22.9 Å². The lowest BCUT2D eigenvalue weighted by Crippen LogP contribution is -2.15. The quantitative estimate of drug-likeness (QED) is 0.907. The van der Waals surface area contributed by atoms with Gasteiger partial charge in [0, 0.05) is 23.3 Å². The standard InChI is InChI=1S/C15H18ClFN2S/c1-15(2,3)13-8-20-14(19-13)7-12(18)9-4-5-10(16)11(17)6-9/h4-6,8,12H,7,18H2,1-3H3. The number of nitrogens with zero attached hydrogens (tertiary/aromatic N) is 1. The second kappa shape index (κ2) is 5.80. The lowest BCUT2D eigenvalue weighted by Gasteiger charge is -2.14. The van der Waals surface area contributed by atoms with Gasteiger partial charge in [0.2, 0.25) is 0 Å². The van der Waals surface area contributed by atoms with Gasteiger partial charge in [0.1, 0.15) is 5.82 Å². The van der Waals surface area contributed by atoms with E-state index in [1.165, 1.54) is 12.1 Å². The van der Waals surface area contributed by atoms with E-state index in [4.69, 9.17) is 17.3 Å². The van der Waals surface area contributed by atoms with E-state index in [2.05, 4.69) is 31.1 Å². The molecule has 0 aliphatic carbocycles. The van der Waals surface area contributed by atoms with Crippen molar-refractivity contribution in [2.24, 2.45) is 5.73 Å². The first-order chi connectivity index (χ1) is 9.27. The molecule has 1 atom stereocenters. The fourth-order valence-corrected chi connectivity index (χ4v) is 3.00. The average molecular weight is 313 g/mol. The first-order valence-corrected chi connectivity index (χ1v) is 7.68. The van der Waals surface area contributed by atoms with Gasteiger partial charge >= 0.3 is 0 Å². The minimum atomic E-state index is -0.436. The molecule has 0 aliphatic rings. The Morgan fingerprint density at radius 1 is 1.40 bits per heavy atom. The number of rotatable bonds is 3. The van der Waals surface area contributed by atoms with Gasteiger partial charge in [-0.15, -0.1) is 11.3 Å². The van der Waals surface area contributed by atoms with Gasteiger partial charge in [-0.25, -0.2) is 9.37 Å². The molecule has 2 rings (SSSR count). The SMILES string of the molecule is CC(C)(C)c1csc(CC(N)c2ccc(Cl)c(F)c2)n1. The Hall–Kier alpha value is -0.970. The predicted molar refractivity (Wildman–Crippen MR) is 82.9 cm³/mol. The van der Waals surface area contributed by atoms with Crippen molar-refractivity contribution in [3.63, 3.8) is 0 Å². The van der Waals surface area contributed by atoms with Crippen LogP contribution in [-0.2, 0) is 11.8 Å². The predicted octanol–water partition coefficient (Wildman–Crippen LogP) is 4.48. The smallest absolute Gasteiger partial charge is 0.142 e. The van der Waals surface area contributed by atoms with Crippen LogP contribution in [0.3, 0.4) is 0 Å². The Balaban J connectivity index is 2.13. The van der Waals surface area contributed by atoms with Crippen LogP contribution in [0.25, 0.3) is 0 Å². The summed E-state index contributed by atoms with van der Waals surface area (Å²) in [4.78, 5) is 4.61. The van der Waals surface area contributed by atoms with E-state index in [9.17, 15) is 4.39 Å². The van der Waals surface area contributed by atoms with E-state index in [0.29, 0.717) is 6.42 Å². The number of hydrogen-bond acceptors (Lipinski definition) is 3. The van der Waals surface area contributed by atoms with Crippen LogP contribution in [-0.4, -0.2) is 4.98 Å². The summed E-state index contributed by atoms with van der Waals surface area (Å²) in [6.07, 6.45) is 0.599. The van der Waals surface area contributed by atoms with Crippen LogP contribution in [0.4, 0.5) is 4.39 Å². The number of halogens is 2. The van der Waals surface area contributed by atoms with Gasteiger partial charge in [0.25, 0.3) is 0 Å². The largest absolute Gasteiger partial charge is 0.324 e. The van der Waals surface area contributed by atoms with Crippen LogP contribution in [0.15, 0.2) is 23.6 Å². The molecule has 2 N–H and O–H groups in total. The third kappa shape index (κ3) is 3.57. The van der Waals surface area contributed by atoms with Crippen molar-refractivity contribution in [3.8, 4) is 0 Å². The molecule has 1 unspecified atom stereocenters. The number of thiazole rings is 1. The van der Waals surface area contributed by atoms with Crippen LogP contribution in [0.2, 0.25) is 5.02 Å². The van der Waals surface area contributed by atoms with Gasteiger partial charge in [-0.2, -0.15) is 0 Å². The van der Waals surface area contributed by atoms with Crippen LogP contribution in [0, 0.1) is 5.82 Å². The molecule has 0 amide bonds. The van der Waals surface area contributed by atoms with E-state index in [1.54, 1.807) is 17.4 Å². The fourth-order valence-electron chi connectivity index (χ4n) is 1.80. The molecular formula is C15H18ClFN2S. The summed E-state index contributed by atoms with van der Waals surface area (Å²) in [6.45, 7) is 6.38. The van der Waals surface area contributed by atoms with Crippen molar-refractivity contribution in [2.75, 3.05) is 0 Å². The lowest BCUT2D eigenvalue weighted by molar-refractivity contribution is 0.568. The van der Waals surface area contributed by atoms with Crippen molar-refractivity contribution >= 4 is 22.9 Å². The third-order valence-corrected chi connectivity index (χ3v) is 4.26. The molecule has 108 valence electrons. The number of aromatic nitrogens is 1. The molecule has 0 spiro atoms. The topological polar surface area (TPSA) is 38.9 Å². The van der Waals surface area contributed by atoms with Gasteiger partial charge < -0.3 is 5.73 Å². The van der Waals surface area contributed by atoms with Crippen molar-refractivity contribution in [3.05, 3.63) is 50.7 Å². The Labute approximate surface area is 127 Å². The summed E-state index contributed by atoms with van der Waals surface area (Å²) in [5.41, 5.74) is 7.95. The highest BCUT2D eigenvalue weighted by atomic mass is 35.5. The van der Waals surface area contributed by atoms with E-state index in [-0.39, 0.29) is 16.5 Å². The molecule has 0 aliphatic heterocycles. The minimum Gasteiger partial charge on any atom is -0.324 e. The first kappa shape index (κ1) is 15.4. The summed E-state index contributed by atoms with van der Waals surface area (Å²) in [5.74, 6) is -0.436. The highest BCUT2D eigenvalue weighted by molar-refractivity contribution is 7.09. The molecule has 0 saturated carbocycles. The Morgan fingerprint density at radius 2 is 2.10 bits per heavy atom. The molecule has 2 aromatic rings. The van der Waals surface area contributed by atoms with Crippen LogP contribution in [0.5, 0.6) is 0 Å². The number of hydrogen-bond donors (Lipinski definition) is 1. The van der Waals surface area contributed by atoms with Gasteiger partial charge in [-0.05, 0) is 17.7 Å². The van der Waals surface area contributed by atoms with Crippen molar-refractivity contribution < 1.29 is 4.39 Å². The molecule has 1 heterocycles. The number of benzene rings is 1. The molecular weight excluding hydrogens is 295 g/mol. The molecule has 0 fully saturated rings. The van der Waals surface area contributed by atoms with E-state index in [1.807, 2.05) is 0 Å². The summed E-state index contributed by atoms with van der Waals surface area (Å²) in [7, 11) is 0. The second-order valence-electron chi connectivity index (χ2n) is 5.86. The first-order valence-electron chi connectivity index (χ1n) is 6.43. The molecule has 20 heavy (non-hydrogen) atoms. The zero-order valence-electron chi connectivity index (χ0n) is 11.8. The maximum absolute atomic E-state index is 13.4. The zero-order chi connectivity index (χ0) is 14.9. The van der Waals surface area contributed by atoms with Crippen molar-refractivity contribution in [2.45, 2.75) is 38.6 Å². The van der Waals surface area contributed by atoms with Crippen molar-refractivity contribution in [1.82, 2.24) is 4.98 Å². The molecule has 1 aromatic carbocycles. The molecule has 0 bridgehead atoms. The maximum Gasteiger partial charge on any atom is 0.142 e.